The fraction of sp³-hybridized carbons (Fsp3) is 0.417. The quantitative estimate of drug-likeness (QED) is 0.375. The molecular weight excluding hydrogens is 454 g/mol. The highest BCUT2D eigenvalue weighted by atomic mass is 32.1. The number of hydrogen-bond donors (Lipinski definition) is 2. The molecule has 0 spiro atoms. The van der Waals surface area contributed by atoms with Crippen molar-refractivity contribution in [3.05, 3.63) is 58.1 Å². The summed E-state index contributed by atoms with van der Waals surface area (Å²) in [6.45, 7) is 5.56. The molecule has 1 atom stereocenters. The number of piperidine rings is 1. The molecule has 2 saturated heterocycles. The molecule has 9 nitrogen and oxygen atoms in total. The Kier molecular flexibility index (Phi) is 7.59. The van der Waals surface area contributed by atoms with E-state index in [4.69, 9.17) is 17.0 Å². The van der Waals surface area contributed by atoms with Crippen LogP contribution in [-0.2, 0) is 4.74 Å². The molecule has 2 fully saturated rings. The van der Waals surface area contributed by atoms with Gasteiger partial charge in [0.25, 0.3) is 11.6 Å². The van der Waals surface area contributed by atoms with E-state index in [9.17, 15) is 14.9 Å². The van der Waals surface area contributed by atoms with E-state index in [0.717, 1.165) is 12.2 Å². The maximum absolute atomic E-state index is 13.1. The van der Waals surface area contributed by atoms with Crippen molar-refractivity contribution in [3.63, 3.8) is 0 Å². The van der Waals surface area contributed by atoms with E-state index in [1.807, 2.05) is 29.2 Å². The van der Waals surface area contributed by atoms with Gasteiger partial charge >= 0.3 is 0 Å². The molecule has 2 N–H and O–H groups in total. The van der Waals surface area contributed by atoms with Crippen molar-refractivity contribution in [2.75, 3.05) is 48.0 Å². The van der Waals surface area contributed by atoms with Crippen LogP contribution in [0.25, 0.3) is 0 Å². The van der Waals surface area contributed by atoms with Gasteiger partial charge in [0, 0.05) is 49.2 Å². The number of amides is 1. The summed E-state index contributed by atoms with van der Waals surface area (Å²) in [5.41, 5.74) is 2.60. The van der Waals surface area contributed by atoms with E-state index in [1.165, 1.54) is 37.1 Å². The van der Waals surface area contributed by atoms with E-state index >= 15 is 0 Å². The Balaban J connectivity index is 1.44. The number of non-ortho nitro benzene ring substituents is 1. The highest BCUT2D eigenvalue weighted by molar-refractivity contribution is 7.80. The van der Waals surface area contributed by atoms with Gasteiger partial charge in [-0.2, -0.15) is 0 Å². The van der Waals surface area contributed by atoms with Gasteiger partial charge in [-0.05, 0) is 68.7 Å². The summed E-state index contributed by atoms with van der Waals surface area (Å²) >= 11 is 5.35. The number of morpholine rings is 1. The number of nitrogens with one attached hydrogen (secondary N) is 2. The summed E-state index contributed by atoms with van der Waals surface area (Å²) in [4.78, 5) is 28.2. The van der Waals surface area contributed by atoms with E-state index < -0.39 is 10.8 Å². The zero-order chi connectivity index (χ0) is 24.1. The van der Waals surface area contributed by atoms with Gasteiger partial charge in [-0.15, -0.1) is 0 Å². The normalized spacial score (nSPS) is 18.3. The van der Waals surface area contributed by atoms with Gasteiger partial charge in [-0.1, -0.05) is 0 Å². The highest BCUT2D eigenvalue weighted by Crippen LogP contribution is 2.27. The molecule has 2 aromatic rings. The number of nitro benzene ring substituents is 1. The standard InChI is InChI=1S/C24H29N5O4S/c1-17-4-2-3-11-28(17)19-7-5-18(6-8-19)25-24(34)26-23(30)21-16-20(29(31)32)9-10-22(21)27-12-14-33-15-13-27/h5-10,16-17H,2-4,11-15H2,1H3,(H2,25,26,30,34)/t17-/m1/s1. The molecule has 0 radical (unpaired) electrons. The van der Waals surface area contributed by atoms with Crippen molar-refractivity contribution >= 4 is 46.0 Å². The second-order valence-electron chi connectivity index (χ2n) is 8.55. The lowest BCUT2D eigenvalue weighted by Gasteiger charge is -2.35. The second kappa shape index (κ2) is 10.8. The van der Waals surface area contributed by atoms with Crippen LogP contribution in [0.1, 0.15) is 36.5 Å². The van der Waals surface area contributed by atoms with Crippen molar-refractivity contribution in [1.82, 2.24) is 5.32 Å². The van der Waals surface area contributed by atoms with Gasteiger partial charge in [0.05, 0.1) is 29.4 Å². The molecule has 0 unspecified atom stereocenters. The number of carbonyl (C=O) groups is 1. The Morgan fingerprint density at radius 3 is 2.53 bits per heavy atom. The molecular formula is C24H29N5O4S. The monoisotopic (exact) mass is 483 g/mol. The molecule has 1 amide bonds. The Morgan fingerprint density at radius 1 is 1.12 bits per heavy atom. The van der Waals surface area contributed by atoms with Crippen molar-refractivity contribution in [1.29, 1.82) is 0 Å². The van der Waals surface area contributed by atoms with Crippen LogP contribution in [0.3, 0.4) is 0 Å². The molecule has 34 heavy (non-hydrogen) atoms. The Hall–Kier alpha value is -3.24. The SMILES string of the molecule is C[C@@H]1CCCCN1c1ccc(NC(=S)NC(=O)c2cc([N+](=O)[O-])ccc2N2CCOCC2)cc1. The van der Waals surface area contributed by atoms with Crippen molar-refractivity contribution in [2.45, 2.75) is 32.2 Å². The van der Waals surface area contributed by atoms with Crippen LogP contribution in [0.15, 0.2) is 42.5 Å². The molecule has 10 heteroatoms. The number of nitrogens with zero attached hydrogens (tertiary/aromatic N) is 3. The van der Waals surface area contributed by atoms with Crippen LogP contribution in [0, 0.1) is 10.1 Å². The van der Waals surface area contributed by atoms with Gasteiger partial charge in [0.1, 0.15) is 0 Å². The van der Waals surface area contributed by atoms with Gasteiger partial charge in [-0.25, -0.2) is 0 Å². The average molecular weight is 484 g/mol. The molecule has 2 heterocycles. The number of anilines is 3. The lowest BCUT2D eigenvalue weighted by Crippen LogP contribution is -2.39. The molecule has 0 aliphatic carbocycles. The minimum absolute atomic E-state index is 0.128. The molecule has 0 aromatic heterocycles. The molecule has 2 aliphatic rings. The largest absolute Gasteiger partial charge is 0.378 e. The molecule has 180 valence electrons. The smallest absolute Gasteiger partial charge is 0.270 e. The molecule has 2 aliphatic heterocycles. The summed E-state index contributed by atoms with van der Waals surface area (Å²) < 4.78 is 5.38. The van der Waals surface area contributed by atoms with Crippen molar-refractivity contribution in [3.8, 4) is 0 Å². The maximum Gasteiger partial charge on any atom is 0.270 e. The molecule has 0 bridgehead atoms. The van der Waals surface area contributed by atoms with Gasteiger partial charge < -0.3 is 19.9 Å². The van der Waals surface area contributed by atoms with Gasteiger partial charge in [0.2, 0.25) is 0 Å². The number of hydrogen-bond acceptors (Lipinski definition) is 7. The zero-order valence-electron chi connectivity index (χ0n) is 19.2. The number of thiocarbonyl (C=S) groups is 1. The number of ether oxygens (including phenoxy) is 1. The Bertz CT molecular complexity index is 1060. The van der Waals surface area contributed by atoms with Crippen LogP contribution < -0.4 is 20.4 Å². The Morgan fingerprint density at radius 2 is 1.85 bits per heavy atom. The van der Waals surface area contributed by atoms with E-state index in [2.05, 4.69) is 22.5 Å². The maximum atomic E-state index is 13.1. The van der Waals surface area contributed by atoms with Crippen molar-refractivity contribution < 1.29 is 14.5 Å². The van der Waals surface area contributed by atoms with Crippen LogP contribution in [0.4, 0.5) is 22.7 Å². The first-order chi connectivity index (χ1) is 16.4. The van der Waals surface area contributed by atoms with Crippen LogP contribution >= 0.6 is 12.2 Å². The average Bonchev–Trinajstić information content (AvgIpc) is 2.85. The second-order valence-corrected chi connectivity index (χ2v) is 8.96. The highest BCUT2D eigenvalue weighted by Gasteiger charge is 2.23. The van der Waals surface area contributed by atoms with E-state index in [0.29, 0.717) is 38.0 Å². The third kappa shape index (κ3) is 5.63. The molecule has 4 rings (SSSR count). The first-order valence-corrected chi connectivity index (χ1v) is 11.9. The fourth-order valence-electron chi connectivity index (χ4n) is 4.45. The van der Waals surface area contributed by atoms with Crippen LogP contribution in [0.5, 0.6) is 0 Å². The van der Waals surface area contributed by atoms with Gasteiger partial charge in [0.15, 0.2) is 5.11 Å². The lowest BCUT2D eigenvalue weighted by molar-refractivity contribution is -0.384. The van der Waals surface area contributed by atoms with Gasteiger partial charge in [-0.3, -0.25) is 20.2 Å². The van der Waals surface area contributed by atoms with Crippen molar-refractivity contribution in [2.24, 2.45) is 0 Å². The minimum Gasteiger partial charge on any atom is -0.378 e. The predicted octanol–water partition coefficient (Wildman–Crippen LogP) is 3.94. The summed E-state index contributed by atoms with van der Waals surface area (Å²) in [6, 6.07) is 12.8. The number of rotatable bonds is 5. The summed E-state index contributed by atoms with van der Waals surface area (Å²) in [7, 11) is 0. The number of carbonyl (C=O) groups excluding carboxylic acids is 1. The third-order valence-electron chi connectivity index (χ3n) is 6.27. The molecule has 2 aromatic carbocycles. The summed E-state index contributed by atoms with van der Waals surface area (Å²) in [5.74, 6) is -0.499. The molecule has 0 saturated carbocycles. The summed E-state index contributed by atoms with van der Waals surface area (Å²) in [5, 5.41) is 17.1. The number of nitro groups is 1. The number of benzene rings is 2. The predicted molar refractivity (Wildman–Crippen MR) is 137 cm³/mol. The van der Waals surface area contributed by atoms with E-state index in [1.54, 1.807) is 6.07 Å². The fourth-order valence-corrected chi connectivity index (χ4v) is 4.66. The van der Waals surface area contributed by atoms with E-state index in [-0.39, 0.29) is 16.4 Å². The first kappa shape index (κ1) is 23.9. The minimum atomic E-state index is -0.513. The Labute approximate surface area is 204 Å². The summed E-state index contributed by atoms with van der Waals surface area (Å²) in [6.07, 6.45) is 3.66. The topological polar surface area (TPSA) is 100.0 Å². The van der Waals surface area contributed by atoms with Crippen LogP contribution in [-0.4, -0.2) is 54.8 Å². The zero-order valence-corrected chi connectivity index (χ0v) is 20.0. The lowest BCUT2D eigenvalue weighted by atomic mass is 10.0. The third-order valence-corrected chi connectivity index (χ3v) is 6.48. The first-order valence-electron chi connectivity index (χ1n) is 11.5. The van der Waals surface area contributed by atoms with Crippen LogP contribution in [0.2, 0.25) is 0 Å².